The summed E-state index contributed by atoms with van der Waals surface area (Å²) in [5.74, 6) is 0. The molecule has 0 aliphatic carbocycles. The number of aromatic nitrogens is 2. The SMILES string of the molecule is O=[N+]([O-])c1ccc(-c2nnc(-c3ccccc3)s2)cc1. The van der Waals surface area contributed by atoms with Crippen molar-refractivity contribution in [2.45, 2.75) is 0 Å². The van der Waals surface area contributed by atoms with E-state index >= 15 is 0 Å². The highest BCUT2D eigenvalue weighted by Crippen LogP contribution is 2.30. The van der Waals surface area contributed by atoms with Gasteiger partial charge in [0.1, 0.15) is 10.0 Å². The van der Waals surface area contributed by atoms with E-state index in [1.165, 1.54) is 23.5 Å². The Labute approximate surface area is 118 Å². The van der Waals surface area contributed by atoms with Crippen LogP contribution in [-0.2, 0) is 0 Å². The highest BCUT2D eigenvalue weighted by molar-refractivity contribution is 7.17. The molecule has 0 bridgehead atoms. The van der Waals surface area contributed by atoms with Gasteiger partial charge in [-0.1, -0.05) is 41.7 Å². The van der Waals surface area contributed by atoms with Gasteiger partial charge in [0.25, 0.3) is 5.69 Å². The molecule has 0 radical (unpaired) electrons. The van der Waals surface area contributed by atoms with E-state index in [4.69, 9.17) is 0 Å². The Morgan fingerprint density at radius 1 is 0.850 bits per heavy atom. The first-order chi connectivity index (χ1) is 9.74. The minimum atomic E-state index is -0.417. The minimum absolute atomic E-state index is 0.0709. The Bertz CT molecular complexity index is 739. The highest BCUT2D eigenvalue weighted by Gasteiger charge is 2.10. The summed E-state index contributed by atoms with van der Waals surface area (Å²) < 4.78 is 0. The largest absolute Gasteiger partial charge is 0.269 e. The fourth-order valence-electron chi connectivity index (χ4n) is 1.76. The van der Waals surface area contributed by atoms with Crippen LogP contribution in [0.3, 0.4) is 0 Å². The van der Waals surface area contributed by atoms with Crippen molar-refractivity contribution in [3.05, 3.63) is 64.7 Å². The molecule has 3 aromatic rings. The van der Waals surface area contributed by atoms with Crippen LogP contribution >= 0.6 is 11.3 Å². The molecule has 0 aliphatic rings. The molecule has 0 saturated carbocycles. The number of hydrogen-bond acceptors (Lipinski definition) is 5. The van der Waals surface area contributed by atoms with Crippen LogP contribution in [0.15, 0.2) is 54.6 Å². The Kier molecular flexibility index (Phi) is 3.22. The number of nitrogens with zero attached hydrogens (tertiary/aromatic N) is 3. The van der Waals surface area contributed by atoms with Gasteiger partial charge in [0.15, 0.2) is 0 Å². The molecule has 20 heavy (non-hydrogen) atoms. The molecule has 0 saturated heterocycles. The van der Waals surface area contributed by atoms with Crippen molar-refractivity contribution in [2.75, 3.05) is 0 Å². The number of nitro groups is 1. The van der Waals surface area contributed by atoms with Gasteiger partial charge in [0, 0.05) is 23.3 Å². The summed E-state index contributed by atoms with van der Waals surface area (Å²) in [5.41, 5.74) is 1.91. The summed E-state index contributed by atoms with van der Waals surface area (Å²) in [6.07, 6.45) is 0. The summed E-state index contributed by atoms with van der Waals surface area (Å²) in [6, 6.07) is 16.1. The molecule has 3 rings (SSSR count). The van der Waals surface area contributed by atoms with Crippen LogP contribution in [0, 0.1) is 10.1 Å². The molecule has 1 aromatic heterocycles. The smallest absolute Gasteiger partial charge is 0.258 e. The van der Waals surface area contributed by atoms with E-state index < -0.39 is 4.92 Å². The van der Waals surface area contributed by atoms with Crippen molar-refractivity contribution >= 4 is 17.0 Å². The van der Waals surface area contributed by atoms with Gasteiger partial charge >= 0.3 is 0 Å². The molecule has 6 heteroatoms. The van der Waals surface area contributed by atoms with Gasteiger partial charge in [0.2, 0.25) is 0 Å². The van der Waals surface area contributed by atoms with Crippen molar-refractivity contribution < 1.29 is 4.92 Å². The molecule has 0 fully saturated rings. The fraction of sp³-hybridized carbons (Fsp3) is 0. The van der Waals surface area contributed by atoms with Gasteiger partial charge in [-0.3, -0.25) is 10.1 Å². The Morgan fingerprint density at radius 3 is 1.95 bits per heavy atom. The molecule has 0 N–H and O–H groups in total. The molecule has 0 unspecified atom stereocenters. The number of benzene rings is 2. The quantitative estimate of drug-likeness (QED) is 0.542. The summed E-state index contributed by atoms with van der Waals surface area (Å²) >= 11 is 1.46. The second kappa shape index (κ2) is 5.18. The monoisotopic (exact) mass is 283 g/mol. The third-order valence-electron chi connectivity index (χ3n) is 2.77. The summed E-state index contributed by atoms with van der Waals surface area (Å²) in [7, 11) is 0. The maximum absolute atomic E-state index is 10.6. The average molecular weight is 283 g/mol. The van der Waals surface area contributed by atoms with Crippen LogP contribution in [0.5, 0.6) is 0 Å². The van der Waals surface area contributed by atoms with Crippen LogP contribution in [0.4, 0.5) is 5.69 Å². The standard InChI is InChI=1S/C14H9N3O2S/c18-17(19)12-8-6-11(7-9-12)14-16-15-13(20-14)10-4-2-1-3-5-10/h1-9H. The van der Waals surface area contributed by atoms with E-state index in [1.54, 1.807) is 12.1 Å². The van der Waals surface area contributed by atoms with Gasteiger partial charge < -0.3 is 0 Å². The topological polar surface area (TPSA) is 68.9 Å². The van der Waals surface area contributed by atoms with Crippen molar-refractivity contribution in [3.8, 4) is 21.1 Å². The van der Waals surface area contributed by atoms with Gasteiger partial charge in [0.05, 0.1) is 4.92 Å². The normalized spacial score (nSPS) is 10.4. The van der Waals surface area contributed by atoms with Crippen molar-refractivity contribution in [2.24, 2.45) is 0 Å². The molecule has 98 valence electrons. The lowest BCUT2D eigenvalue weighted by Crippen LogP contribution is -1.86. The van der Waals surface area contributed by atoms with Crippen LogP contribution in [0.2, 0.25) is 0 Å². The average Bonchev–Trinajstić information content (AvgIpc) is 2.98. The zero-order valence-corrected chi connectivity index (χ0v) is 11.1. The third kappa shape index (κ3) is 2.41. The lowest BCUT2D eigenvalue weighted by molar-refractivity contribution is -0.384. The van der Waals surface area contributed by atoms with Crippen molar-refractivity contribution in [1.29, 1.82) is 0 Å². The van der Waals surface area contributed by atoms with E-state index in [1.807, 2.05) is 30.3 Å². The van der Waals surface area contributed by atoms with Crippen LogP contribution < -0.4 is 0 Å². The number of nitro benzene ring substituents is 1. The van der Waals surface area contributed by atoms with Crippen LogP contribution in [0.25, 0.3) is 21.1 Å². The second-order valence-corrected chi connectivity index (χ2v) is 5.06. The highest BCUT2D eigenvalue weighted by atomic mass is 32.1. The van der Waals surface area contributed by atoms with E-state index in [9.17, 15) is 10.1 Å². The molecular formula is C14H9N3O2S. The maximum Gasteiger partial charge on any atom is 0.269 e. The van der Waals surface area contributed by atoms with E-state index in [-0.39, 0.29) is 5.69 Å². The Hall–Kier alpha value is -2.60. The molecule has 5 nitrogen and oxygen atoms in total. The Morgan fingerprint density at radius 2 is 1.40 bits per heavy atom. The van der Waals surface area contributed by atoms with Crippen molar-refractivity contribution in [1.82, 2.24) is 10.2 Å². The number of non-ortho nitro benzene ring substituents is 1. The Balaban J connectivity index is 1.92. The van der Waals surface area contributed by atoms with Crippen molar-refractivity contribution in [3.63, 3.8) is 0 Å². The summed E-state index contributed by atoms with van der Waals surface area (Å²) in [4.78, 5) is 10.2. The predicted molar refractivity (Wildman–Crippen MR) is 77.4 cm³/mol. The molecule has 0 amide bonds. The van der Waals surface area contributed by atoms with Gasteiger partial charge in [-0.05, 0) is 12.1 Å². The first kappa shape index (κ1) is 12.4. The molecule has 2 aromatic carbocycles. The van der Waals surface area contributed by atoms with Crippen LogP contribution in [0.1, 0.15) is 0 Å². The minimum Gasteiger partial charge on any atom is -0.258 e. The van der Waals surface area contributed by atoms with E-state index in [0.29, 0.717) is 0 Å². The van der Waals surface area contributed by atoms with E-state index in [2.05, 4.69) is 10.2 Å². The summed E-state index contributed by atoms with van der Waals surface area (Å²) in [5, 5.41) is 20.5. The lowest BCUT2D eigenvalue weighted by atomic mass is 10.2. The van der Waals surface area contributed by atoms with Gasteiger partial charge in [-0.2, -0.15) is 0 Å². The van der Waals surface area contributed by atoms with E-state index in [0.717, 1.165) is 21.1 Å². The molecule has 0 aliphatic heterocycles. The van der Waals surface area contributed by atoms with Crippen LogP contribution in [-0.4, -0.2) is 15.1 Å². The van der Waals surface area contributed by atoms with Gasteiger partial charge in [-0.15, -0.1) is 10.2 Å². The third-order valence-corrected chi connectivity index (χ3v) is 3.79. The van der Waals surface area contributed by atoms with Gasteiger partial charge in [-0.25, -0.2) is 0 Å². The first-order valence-corrected chi connectivity index (χ1v) is 6.69. The first-order valence-electron chi connectivity index (χ1n) is 5.88. The maximum atomic E-state index is 10.6. The lowest BCUT2D eigenvalue weighted by Gasteiger charge is -1.95. The predicted octanol–water partition coefficient (Wildman–Crippen LogP) is 3.78. The molecule has 1 heterocycles. The zero-order valence-electron chi connectivity index (χ0n) is 10.3. The number of rotatable bonds is 3. The molecular weight excluding hydrogens is 274 g/mol. The summed E-state index contributed by atoms with van der Waals surface area (Å²) in [6.45, 7) is 0. The molecule has 0 atom stereocenters. The zero-order chi connectivity index (χ0) is 13.9. The molecule has 0 spiro atoms. The number of hydrogen-bond donors (Lipinski definition) is 0. The second-order valence-electron chi connectivity index (χ2n) is 4.08. The fourth-order valence-corrected chi connectivity index (χ4v) is 2.62.